The van der Waals surface area contributed by atoms with E-state index in [0.717, 1.165) is 102 Å². The van der Waals surface area contributed by atoms with Crippen molar-refractivity contribution in [1.29, 1.82) is 0 Å². The van der Waals surface area contributed by atoms with Crippen molar-refractivity contribution in [3.63, 3.8) is 0 Å². The van der Waals surface area contributed by atoms with Gasteiger partial charge in [0, 0.05) is 25.7 Å². The van der Waals surface area contributed by atoms with E-state index in [1.54, 1.807) is 0 Å². The summed E-state index contributed by atoms with van der Waals surface area (Å²) in [5.41, 5.74) is 0. The molecule has 2 unspecified atom stereocenters. The third-order valence-corrected chi connectivity index (χ3v) is 21.1. The Hall–Kier alpha value is -1.94. The molecule has 5 atom stereocenters. The zero-order chi connectivity index (χ0) is 74.2. The van der Waals surface area contributed by atoms with Crippen molar-refractivity contribution >= 4 is 39.5 Å². The molecular weight excluding hydrogens is 1320 g/mol. The summed E-state index contributed by atoms with van der Waals surface area (Å²) in [6.45, 7) is 9.55. The van der Waals surface area contributed by atoms with Crippen molar-refractivity contribution in [2.45, 2.75) is 452 Å². The number of phosphoric ester groups is 2. The van der Waals surface area contributed by atoms with Crippen LogP contribution in [0, 0.1) is 11.8 Å². The third-order valence-electron chi connectivity index (χ3n) is 19.2. The van der Waals surface area contributed by atoms with Crippen LogP contribution >= 0.6 is 15.6 Å². The zero-order valence-corrected chi connectivity index (χ0v) is 68.0. The molecule has 0 aliphatic carbocycles. The lowest BCUT2D eigenvalue weighted by molar-refractivity contribution is -0.161. The van der Waals surface area contributed by atoms with Gasteiger partial charge in [0.15, 0.2) is 12.2 Å². The minimum Gasteiger partial charge on any atom is -0.462 e. The minimum atomic E-state index is -4.96. The SMILES string of the molecule is CCCCCCCCCCCCCCCCCCCCCCCC(=O)O[C@H](COC(=O)CCCCCCCCCCCCCCCCCCCC)COP(=O)(O)OC[C@@H](O)COP(=O)(O)OC[C@@H](COC(=O)CCCCCCCCCC(C)C)OC(=O)CCCCCCCCCCCC(C)C. The van der Waals surface area contributed by atoms with E-state index in [4.69, 9.17) is 37.0 Å². The van der Waals surface area contributed by atoms with E-state index in [-0.39, 0.29) is 25.7 Å². The Morgan fingerprint density at radius 3 is 0.673 bits per heavy atom. The van der Waals surface area contributed by atoms with Gasteiger partial charge in [-0.25, -0.2) is 9.13 Å². The lowest BCUT2D eigenvalue weighted by Gasteiger charge is -2.21. The van der Waals surface area contributed by atoms with Crippen LogP contribution in [0.25, 0.3) is 0 Å². The number of unbranched alkanes of at least 4 members (excludes halogenated alkanes) is 51. The summed E-state index contributed by atoms with van der Waals surface area (Å²) in [4.78, 5) is 73.0. The number of carbonyl (C=O) groups excluding carboxylic acids is 4. The fourth-order valence-electron chi connectivity index (χ4n) is 12.7. The molecule has 0 rings (SSSR count). The third kappa shape index (κ3) is 76.1. The van der Waals surface area contributed by atoms with Gasteiger partial charge in [-0.1, -0.05) is 382 Å². The summed E-state index contributed by atoms with van der Waals surface area (Å²) in [5.74, 6) is -0.669. The summed E-state index contributed by atoms with van der Waals surface area (Å²) in [6, 6.07) is 0. The van der Waals surface area contributed by atoms with Gasteiger partial charge in [0.25, 0.3) is 0 Å². The number of aliphatic hydroxyl groups is 1. The number of hydrogen-bond donors (Lipinski definition) is 3. The van der Waals surface area contributed by atoms with Crippen molar-refractivity contribution in [2.75, 3.05) is 39.6 Å². The van der Waals surface area contributed by atoms with Crippen LogP contribution in [0.1, 0.15) is 433 Å². The van der Waals surface area contributed by atoms with Crippen LogP contribution < -0.4 is 0 Å². The van der Waals surface area contributed by atoms with Crippen LogP contribution in [-0.2, 0) is 65.4 Å². The molecule has 0 heterocycles. The monoisotopic (exact) mass is 1480 g/mol. The second-order valence-electron chi connectivity index (χ2n) is 30.5. The highest BCUT2D eigenvalue weighted by Crippen LogP contribution is 2.45. The maximum absolute atomic E-state index is 13.1. The predicted octanol–water partition coefficient (Wildman–Crippen LogP) is 24.7. The molecule has 0 aromatic heterocycles. The molecule has 0 saturated heterocycles. The van der Waals surface area contributed by atoms with Crippen molar-refractivity contribution in [1.82, 2.24) is 0 Å². The number of rotatable bonds is 81. The van der Waals surface area contributed by atoms with Crippen molar-refractivity contribution in [2.24, 2.45) is 11.8 Å². The first-order chi connectivity index (χ1) is 48.9. The Kier molecular flexibility index (Phi) is 72.2. The van der Waals surface area contributed by atoms with Gasteiger partial charge < -0.3 is 33.8 Å². The molecule has 600 valence electrons. The maximum atomic E-state index is 13.1. The van der Waals surface area contributed by atoms with Crippen LogP contribution in [0.4, 0.5) is 0 Å². The second kappa shape index (κ2) is 73.6. The van der Waals surface area contributed by atoms with Gasteiger partial charge in [-0.2, -0.15) is 0 Å². The first-order valence-electron chi connectivity index (χ1n) is 42.5. The van der Waals surface area contributed by atoms with E-state index in [1.165, 1.54) is 244 Å². The summed E-state index contributed by atoms with van der Waals surface area (Å²) in [6.07, 6.45) is 64.1. The van der Waals surface area contributed by atoms with E-state index in [1.807, 2.05) is 0 Å². The van der Waals surface area contributed by atoms with E-state index in [0.29, 0.717) is 31.6 Å². The molecule has 0 saturated carbocycles. The van der Waals surface area contributed by atoms with Gasteiger partial charge in [0.1, 0.15) is 19.3 Å². The quantitative estimate of drug-likeness (QED) is 0.0222. The number of esters is 4. The van der Waals surface area contributed by atoms with Crippen LogP contribution in [-0.4, -0.2) is 96.7 Å². The molecule has 0 aromatic rings. The fraction of sp³-hybridized carbons (Fsp3) is 0.951. The standard InChI is InChI=1S/C82H160O17P2/c1-7-9-11-13-15-17-19-21-23-25-27-28-29-31-33-35-37-41-47-54-60-66-81(86)98-77(70-92-79(84)64-58-52-46-40-36-34-32-30-26-24-22-20-18-16-14-12-10-8-2)72-96-100(88,89)94-68-76(83)69-95-101(90,91)97-73-78(71-93-80(85)65-59-53-49-43-45-51-57-63-75(5)6)99-82(87)67-61-55-48-42-38-39-44-50-56-62-74(3)4/h74-78,83H,7-73H2,1-6H3,(H,88,89)(H,90,91)/t76-,77-,78-/m1/s1. The molecule has 17 nitrogen and oxygen atoms in total. The van der Waals surface area contributed by atoms with Crippen molar-refractivity contribution in [3.05, 3.63) is 0 Å². The lowest BCUT2D eigenvalue weighted by atomic mass is 10.0. The van der Waals surface area contributed by atoms with Gasteiger partial charge in [0.2, 0.25) is 0 Å². The molecule has 0 radical (unpaired) electrons. The normalized spacial score (nSPS) is 13.9. The topological polar surface area (TPSA) is 237 Å². The van der Waals surface area contributed by atoms with Gasteiger partial charge in [-0.3, -0.25) is 37.3 Å². The molecule has 3 N–H and O–H groups in total. The highest BCUT2D eigenvalue weighted by Gasteiger charge is 2.30. The average Bonchev–Trinajstić information content (AvgIpc) is 0.927. The lowest BCUT2D eigenvalue weighted by Crippen LogP contribution is -2.30. The van der Waals surface area contributed by atoms with E-state index < -0.39 is 97.5 Å². The van der Waals surface area contributed by atoms with Crippen molar-refractivity contribution < 1.29 is 80.2 Å². The van der Waals surface area contributed by atoms with Crippen LogP contribution in [0.2, 0.25) is 0 Å². The number of ether oxygens (including phenoxy) is 4. The molecule has 0 aliphatic rings. The predicted molar refractivity (Wildman–Crippen MR) is 414 cm³/mol. The Morgan fingerprint density at radius 1 is 0.267 bits per heavy atom. The number of carbonyl (C=O) groups is 4. The Labute approximate surface area is 619 Å². The van der Waals surface area contributed by atoms with Crippen LogP contribution in [0.5, 0.6) is 0 Å². The molecule has 101 heavy (non-hydrogen) atoms. The Morgan fingerprint density at radius 2 is 0.455 bits per heavy atom. The van der Waals surface area contributed by atoms with Gasteiger partial charge in [-0.05, 0) is 37.5 Å². The summed E-state index contributed by atoms with van der Waals surface area (Å²) < 4.78 is 68.7. The van der Waals surface area contributed by atoms with Gasteiger partial charge in [0.05, 0.1) is 26.4 Å². The molecule has 19 heteroatoms. The number of phosphoric acid groups is 2. The molecule has 0 spiro atoms. The number of aliphatic hydroxyl groups excluding tert-OH is 1. The van der Waals surface area contributed by atoms with E-state index in [2.05, 4.69) is 41.5 Å². The molecule has 0 aromatic carbocycles. The van der Waals surface area contributed by atoms with Crippen LogP contribution in [0.15, 0.2) is 0 Å². The zero-order valence-electron chi connectivity index (χ0n) is 66.2. The smallest absolute Gasteiger partial charge is 0.462 e. The van der Waals surface area contributed by atoms with Gasteiger partial charge in [-0.15, -0.1) is 0 Å². The highest BCUT2D eigenvalue weighted by molar-refractivity contribution is 7.47. The van der Waals surface area contributed by atoms with Crippen LogP contribution in [0.3, 0.4) is 0 Å². The highest BCUT2D eigenvalue weighted by atomic mass is 31.2. The molecule has 0 fully saturated rings. The van der Waals surface area contributed by atoms with E-state index in [9.17, 15) is 43.2 Å². The molecule has 0 bridgehead atoms. The average molecular weight is 1480 g/mol. The second-order valence-corrected chi connectivity index (χ2v) is 33.4. The Balaban J connectivity index is 5.21. The molecule has 0 amide bonds. The largest absolute Gasteiger partial charge is 0.472 e. The maximum Gasteiger partial charge on any atom is 0.472 e. The van der Waals surface area contributed by atoms with Crippen molar-refractivity contribution in [3.8, 4) is 0 Å². The molecule has 0 aliphatic heterocycles. The summed E-state index contributed by atoms with van der Waals surface area (Å²) >= 11 is 0. The Bertz CT molecular complexity index is 1940. The fourth-order valence-corrected chi connectivity index (χ4v) is 14.3. The van der Waals surface area contributed by atoms with Gasteiger partial charge >= 0.3 is 39.5 Å². The first-order valence-corrected chi connectivity index (χ1v) is 45.5. The summed E-state index contributed by atoms with van der Waals surface area (Å²) in [5, 5.41) is 10.6. The molecular formula is C82H160O17P2. The minimum absolute atomic E-state index is 0.105. The van der Waals surface area contributed by atoms with E-state index >= 15 is 0 Å². The first kappa shape index (κ1) is 99.1. The summed E-state index contributed by atoms with van der Waals surface area (Å²) in [7, 11) is -9.92. The number of hydrogen-bond acceptors (Lipinski definition) is 15.